The summed E-state index contributed by atoms with van der Waals surface area (Å²) in [6, 6.07) is 7.03. The molecule has 0 aliphatic carbocycles. The van der Waals surface area contributed by atoms with E-state index in [0.29, 0.717) is 18.7 Å². The molecule has 21 heavy (non-hydrogen) atoms. The Hall–Kier alpha value is -1.15. The van der Waals surface area contributed by atoms with Gasteiger partial charge in [-0.3, -0.25) is 0 Å². The number of furan rings is 1. The highest BCUT2D eigenvalue weighted by molar-refractivity contribution is 7.89. The van der Waals surface area contributed by atoms with Crippen LogP contribution in [0, 0.1) is 6.92 Å². The van der Waals surface area contributed by atoms with Gasteiger partial charge in [0.2, 0.25) is 5.09 Å². The summed E-state index contributed by atoms with van der Waals surface area (Å²) >= 11 is 1.68. The third-order valence-electron chi connectivity index (χ3n) is 2.91. The largest absolute Gasteiger partial charge is 0.447 e. The average Bonchev–Trinajstić information content (AvgIpc) is 2.99. The first-order valence-electron chi connectivity index (χ1n) is 6.71. The van der Waals surface area contributed by atoms with Crippen molar-refractivity contribution in [1.29, 1.82) is 0 Å². The van der Waals surface area contributed by atoms with Crippen molar-refractivity contribution in [3.8, 4) is 0 Å². The fourth-order valence-corrected chi connectivity index (χ4v) is 4.25. The van der Waals surface area contributed by atoms with Crippen LogP contribution < -0.4 is 10.0 Å². The number of thiophene rings is 1. The van der Waals surface area contributed by atoms with Gasteiger partial charge in [0.1, 0.15) is 5.76 Å². The molecule has 1 unspecified atom stereocenters. The molecule has 2 aromatic rings. The fourth-order valence-electron chi connectivity index (χ4n) is 2.03. The van der Waals surface area contributed by atoms with Crippen LogP contribution in [0.2, 0.25) is 0 Å². The van der Waals surface area contributed by atoms with Crippen molar-refractivity contribution < 1.29 is 12.8 Å². The van der Waals surface area contributed by atoms with Crippen molar-refractivity contribution in [3.05, 3.63) is 39.8 Å². The van der Waals surface area contributed by atoms with Gasteiger partial charge in [0.15, 0.2) is 0 Å². The topological polar surface area (TPSA) is 71.3 Å². The quantitative estimate of drug-likeness (QED) is 0.818. The Kier molecular flexibility index (Phi) is 5.21. The molecule has 0 amide bonds. The molecule has 0 radical (unpaired) electrons. The summed E-state index contributed by atoms with van der Waals surface area (Å²) in [5, 5.41) is 2.88. The molecule has 0 bridgehead atoms. The fraction of sp³-hybridized carbons (Fsp3) is 0.429. The molecule has 2 rings (SSSR count). The first-order valence-corrected chi connectivity index (χ1v) is 9.01. The summed E-state index contributed by atoms with van der Waals surface area (Å²) in [5.74, 6) is 0.597. The normalized spacial score (nSPS) is 13.5. The van der Waals surface area contributed by atoms with E-state index in [1.54, 1.807) is 24.5 Å². The van der Waals surface area contributed by atoms with E-state index in [9.17, 15) is 8.42 Å². The zero-order chi connectivity index (χ0) is 15.5. The number of aryl methyl sites for hydroxylation is 1. The molecule has 2 N–H and O–H groups in total. The molecule has 116 valence electrons. The molecule has 0 saturated heterocycles. The second-order valence-electron chi connectivity index (χ2n) is 4.99. The molecular formula is C14H20N2O3S2. The van der Waals surface area contributed by atoms with E-state index < -0.39 is 10.0 Å². The number of rotatable bonds is 7. The number of hydrogen-bond donors (Lipinski definition) is 2. The van der Waals surface area contributed by atoms with E-state index in [4.69, 9.17) is 4.42 Å². The third-order valence-corrected chi connectivity index (χ3v) is 5.40. The van der Waals surface area contributed by atoms with Gasteiger partial charge in [0.25, 0.3) is 10.0 Å². The van der Waals surface area contributed by atoms with Crippen molar-refractivity contribution in [2.75, 3.05) is 7.05 Å². The summed E-state index contributed by atoms with van der Waals surface area (Å²) < 4.78 is 32.5. The van der Waals surface area contributed by atoms with Crippen LogP contribution in [0.1, 0.15) is 22.4 Å². The summed E-state index contributed by atoms with van der Waals surface area (Å²) in [6.07, 6.45) is 0.668. The lowest BCUT2D eigenvalue weighted by Gasteiger charge is -2.11. The molecule has 1 atom stereocenters. The molecule has 2 heterocycles. The van der Waals surface area contributed by atoms with Gasteiger partial charge in [-0.1, -0.05) is 0 Å². The van der Waals surface area contributed by atoms with Crippen LogP contribution in [0.25, 0.3) is 0 Å². The Balaban J connectivity index is 2.02. The van der Waals surface area contributed by atoms with E-state index in [0.717, 1.165) is 4.88 Å². The van der Waals surface area contributed by atoms with Crippen molar-refractivity contribution in [1.82, 2.24) is 10.0 Å². The maximum Gasteiger partial charge on any atom is 0.274 e. The lowest BCUT2D eigenvalue weighted by Crippen LogP contribution is -2.33. The minimum atomic E-state index is -3.61. The Morgan fingerprint density at radius 2 is 2.05 bits per heavy atom. The van der Waals surface area contributed by atoms with Gasteiger partial charge in [0.05, 0.1) is 6.54 Å². The molecule has 0 aromatic carbocycles. The van der Waals surface area contributed by atoms with Crippen molar-refractivity contribution in [3.63, 3.8) is 0 Å². The zero-order valence-corrected chi connectivity index (χ0v) is 14.0. The summed E-state index contributed by atoms with van der Waals surface area (Å²) in [7, 11) is -1.83. The number of sulfonamides is 1. The minimum Gasteiger partial charge on any atom is -0.447 e. The standard InChI is InChI=1S/C14H20N2O3S2/c1-10(8-13-6-4-11(2)20-13)16-21(17,18)14-7-5-12(19-14)9-15-3/h4-7,10,15-16H,8-9H2,1-3H3. The Bertz CT molecular complexity index is 689. The van der Waals surface area contributed by atoms with Crippen LogP contribution in [0.4, 0.5) is 0 Å². The van der Waals surface area contributed by atoms with E-state index in [1.807, 2.05) is 26.0 Å². The van der Waals surface area contributed by atoms with Gasteiger partial charge >= 0.3 is 0 Å². The lowest BCUT2D eigenvalue weighted by molar-refractivity contribution is 0.402. The predicted octanol–water partition coefficient (Wildman–Crippen LogP) is 2.28. The monoisotopic (exact) mass is 328 g/mol. The first-order chi connectivity index (χ1) is 9.90. The van der Waals surface area contributed by atoms with Crippen molar-refractivity contribution >= 4 is 21.4 Å². The molecule has 7 heteroatoms. The van der Waals surface area contributed by atoms with Gasteiger partial charge in [-0.15, -0.1) is 11.3 Å². The van der Waals surface area contributed by atoms with E-state index in [2.05, 4.69) is 10.0 Å². The van der Waals surface area contributed by atoms with Gasteiger partial charge in [-0.2, -0.15) is 0 Å². The summed E-state index contributed by atoms with van der Waals surface area (Å²) in [6.45, 7) is 4.39. The summed E-state index contributed by atoms with van der Waals surface area (Å²) in [4.78, 5) is 2.39. The highest BCUT2D eigenvalue weighted by Gasteiger charge is 2.21. The smallest absolute Gasteiger partial charge is 0.274 e. The molecule has 0 aliphatic rings. The second kappa shape index (κ2) is 6.74. The van der Waals surface area contributed by atoms with Gasteiger partial charge in [0, 0.05) is 15.8 Å². The highest BCUT2D eigenvalue weighted by Crippen LogP contribution is 2.18. The van der Waals surface area contributed by atoms with E-state index in [-0.39, 0.29) is 11.1 Å². The Labute approximate surface area is 129 Å². The zero-order valence-electron chi connectivity index (χ0n) is 12.3. The minimum absolute atomic E-state index is 0.0399. The number of nitrogens with one attached hydrogen (secondary N) is 2. The molecule has 0 saturated carbocycles. The molecule has 0 spiro atoms. The van der Waals surface area contributed by atoms with Crippen LogP contribution in [-0.2, 0) is 23.0 Å². The molecule has 2 aromatic heterocycles. The Morgan fingerprint density at radius 3 is 2.67 bits per heavy atom. The molecule has 5 nitrogen and oxygen atoms in total. The summed E-state index contributed by atoms with van der Waals surface area (Å²) in [5.41, 5.74) is 0. The Morgan fingerprint density at radius 1 is 1.29 bits per heavy atom. The maximum atomic E-state index is 12.2. The van der Waals surface area contributed by atoms with Gasteiger partial charge in [-0.05, 0) is 51.6 Å². The molecule has 0 fully saturated rings. The third kappa shape index (κ3) is 4.41. The van der Waals surface area contributed by atoms with E-state index >= 15 is 0 Å². The molecular weight excluding hydrogens is 308 g/mol. The van der Waals surface area contributed by atoms with Crippen LogP contribution in [-0.4, -0.2) is 21.5 Å². The average molecular weight is 328 g/mol. The maximum absolute atomic E-state index is 12.2. The van der Waals surface area contributed by atoms with Gasteiger partial charge < -0.3 is 9.73 Å². The SMILES string of the molecule is CNCc1ccc(S(=O)(=O)NC(C)Cc2ccc(C)s2)o1. The van der Waals surface area contributed by atoms with Crippen LogP contribution in [0.15, 0.2) is 33.8 Å². The predicted molar refractivity (Wildman–Crippen MR) is 84.0 cm³/mol. The lowest BCUT2D eigenvalue weighted by atomic mass is 10.2. The van der Waals surface area contributed by atoms with Crippen LogP contribution in [0.3, 0.4) is 0 Å². The first kappa shape index (κ1) is 16.2. The highest BCUT2D eigenvalue weighted by atomic mass is 32.2. The van der Waals surface area contributed by atoms with Gasteiger partial charge in [-0.25, -0.2) is 13.1 Å². The van der Waals surface area contributed by atoms with Crippen LogP contribution >= 0.6 is 11.3 Å². The van der Waals surface area contributed by atoms with Crippen LogP contribution in [0.5, 0.6) is 0 Å². The van der Waals surface area contributed by atoms with Crippen molar-refractivity contribution in [2.24, 2.45) is 0 Å². The van der Waals surface area contributed by atoms with E-state index in [1.165, 1.54) is 10.9 Å². The van der Waals surface area contributed by atoms with Crippen molar-refractivity contribution in [2.45, 2.75) is 37.9 Å². The number of hydrogen-bond acceptors (Lipinski definition) is 5. The molecule has 0 aliphatic heterocycles. The second-order valence-corrected chi connectivity index (χ2v) is 8.01.